The van der Waals surface area contributed by atoms with Gasteiger partial charge in [-0.15, -0.1) is 11.3 Å². The number of ether oxygens (including phenoxy) is 1. The minimum Gasteiger partial charge on any atom is -0.496 e. The molecular formula is C20H20N2O2S. The number of hydrogen-bond acceptors (Lipinski definition) is 4. The van der Waals surface area contributed by atoms with E-state index >= 15 is 0 Å². The second-order valence-corrected chi connectivity index (χ2v) is 6.46. The third-order valence-electron chi connectivity index (χ3n) is 3.83. The van der Waals surface area contributed by atoms with E-state index in [4.69, 9.17) is 4.74 Å². The first-order valence-electron chi connectivity index (χ1n) is 8.14. The Balaban J connectivity index is 1.54. The van der Waals surface area contributed by atoms with Crippen LogP contribution >= 0.6 is 11.3 Å². The zero-order valence-corrected chi connectivity index (χ0v) is 14.9. The van der Waals surface area contributed by atoms with Crippen molar-refractivity contribution in [2.24, 2.45) is 0 Å². The number of aryl methyl sites for hydroxylation is 1. The van der Waals surface area contributed by atoms with Gasteiger partial charge in [0.25, 0.3) is 0 Å². The average molecular weight is 352 g/mol. The highest BCUT2D eigenvalue weighted by Gasteiger charge is 2.10. The zero-order valence-electron chi connectivity index (χ0n) is 14.1. The number of benzene rings is 2. The van der Waals surface area contributed by atoms with E-state index in [9.17, 15) is 4.79 Å². The van der Waals surface area contributed by atoms with Crippen LogP contribution in [0.5, 0.6) is 5.75 Å². The molecule has 3 rings (SSSR count). The van der Waals surface area contributed by atoms with E-state index in [0.29, 0.717) is 19.4 Å². The van der Waals surface area contributed by atoms with Crippen molar-refractivity contribution < 1.29 is 9.53 Å². The minimum atomic E-state index is 0.0377. The second kappa shape index (κ2) is 8.44. The average Bonchev–Trinajstić information content (AvgIpc) is 3.14. The molecule has 25 heavy (non-hydrogen) atoms. The smallest absolute Gasteiger partial charge is 0.220 e. The molecule has 0 fully saturated rings. The predicted octanol–water partition coefficient (Wildman–Crippen LogP) is 4.07. The number of nitrogens with one attached hydrogen (secondary N) is 1. The molecule has 0 saturated heterocycles. The summed E-state index contributed by atoms with van der Waals surface area (Å²) in [6.45, 7) is 0.559. The summed E-state index contributed by atoms with van der Waals surface area (Å²) in [4.78, 5) is 16.6. The summed E-state index contributed by atoms with van der Waals surface area (Å²) in [6.07, 6.45) is 1.06. The summed E-state index contributed by atoms with van der Waals surface area (Å²) in [6, 6.07) is 17.7. The van der Waals surface area contributed by atoms with Crippen molar-refractivity contribution in [3.8, 4) is 16.3 Å². The highest BCUT2D eigenvalue weighted by atomic mass is 32.1. The first-order valence-corrected chi connectivity index (χ1v) is 9.02. The van der Waals surface area contributed by atoms with Gasteiger partial charge in [0.05, 0.1) is 18.4 Å². The molecule has 0 radical (unpaired) electrons. The summed E-state index contributed by atoms with van der Waals surface area (Å²) >= 11 is 1.57. The van der Waals surface area contributed by atoms with Crippen LogP contribution in [-0.4, -0.2) is 18.0 Å². The number of rotatable bonds is 7. The Kier molecular flexibility index (Phi) is 5.80. The fourth-order valence-corrected chi connectivity index (χ4v) is 3.38. The quantitative estimate of drug-likeness (QED) is 0.697. The maximum Gasteiger partial charge on any atom is 0.220 e. The van der Waals surface area contributed by atoms with Crippen molar-refractivity contribution in [3.63, 3.8) is 0 Å². The Bertz CT molecular complexity index is 830. The summed E-state index contributed by atoms with van der Waals surface area (Å²) < 4.78 is 5.38. The van der Waals surface area contributed by atoms with Gasteiger partial charge in [0.15, 0.2) is 0 Å². The molecule has 1 heterocycles. The van der Waals surface area contributed by atoms with Gasteiger partial charge in [0, 0.05) is 18.3 Å². The minimum absolute atomic E-state index is 0.0377. The number of thiazole rings is 1. The number of carbonyl (C=O) groups is 1. The number of nitrogens with zero attached hydrogens (tertiary/aromatic N) is 1. The Morgan fingerprint density at radius 1 is 1.12 bits per heavy atom. The first-order chi connectivity index (χ1) is 12.3. The molecule has 0 bridgehead atoms. The highest BCUT2D eigenvalue weighted by Crippen LogP contribution is 2.32. The standard InChI is InChI=1S/C20H20N2O2S/c1-24-18-10-6-5-9-17(18)20-22-16(14-25-20)11-12-19(23)21-13-15-7-3-2-4-8-15/h2-10,14H,11-13H2,1H3,(H,21,23). The van der Waals surface area contributed by atoms with Crippen LogP contribution in [0.3, 0.4) is 0 Å². The summed E-state index contributed by atoms with van der Waals surface area (Å²) in [7, 11) is 1.66. The van der Waals surface area contributed by atoms with Crippen LogP contribution in [0.25, 0.3) is 10.6 Å². The van der Waals surface area contributed by atoms with E-state index < -0.39 is 0 Å². The van der Waals surface area contributed by atoms with Gasteiger partial charge in [-0.3, -0.25) is 4.79 Å². The van der Waals surface area contributed by atoms with E-state index in [1.165, 1.54) is 0 Å². The van der Waals surface area contributed by atoms with Gasteiger partial charge >= 0.3 is 0 Å². The molecule has 0 unspecified atom stereocenters. The van der Waals surface area contributed by atoms with Gasteiger partial charge in [0.2, 0.25) is 5.91 Å². The lowest BCUT2D eigenvalue weighted by Crippen LogP contribution is -2.22. The molecule has 2 aromatic carbocycles. The fourth-order valence-electron chi connectivity index (χ4n) is 2.49. The number of carbonyl (C=O) groups excluding carboxylic acids is 1. The lowest BCUT2D eigenvalue weighted by Gasteiger charge is -2.05. The van der Waals surface area contributed by atoms with Gasteiger partial charge in [0.1, 0.15) is 10.8 Å². The van der Waals surface area contributed by atoms with Crippen LogP contribution in [-0.2, 0) is 17.8 Å². The molecule has 1 amide bonds. The number of para-hydroxylation sites is 1. The molecular weight excluding hydrogens is 332 g/mol. The molecule has 5 heteroatoms. The first kappa shape index (κ1) is 17.2. The molecule has 0 saturated carbocycles. The van der Waals surface area contributed by atoms with Gasteiger partial charge in [-0.1, -0.05) is 42.5 Å². The van der Waals surface area contributed by atoms with Gasteiger partial charge in [-0.2, -0.15) is 0 Å². The Labute approximate surface area is 151 Å². The third kappa shape index (κ3) is 4.67. The lowest BCUT2D eigenvalue weighted by atomic mass is 10.2. The second-order valence-electron chi connectivity index (χ2n) is 5.61. The molecule has 0 aliphatic carbocycles. The van der Waals surface area contributed by atoms with Crippen LogP contribution in [0, 0.1) is 0 Å². The molecule has 128 valence electrons. The predicted molar refractivity (Wildman–Crippen MR) is 101 cm³/mol. The molecule has 0 atom stereocenters. The molecule has 0 aliphatic heterocycles. The van der Waals surface area contributed by atoms with Crippen molar-refractivity contribution in [1.82, 2.24) is 10.3 Å². The van der Waals surface area contributed by atoms with Crippen molar-refractivity contribution in [3.05, 3.63) is 71.2 Å². The number of aromatic nitrogens is 1. The Hall–Kier alpha value is -2.66. The van der Waals surface area contributed by atoms with Gasteiger partial charge in [-0.05, 0) is 24.1 Å². The van der Waals surface area contributed by atoms with Crippen molar-refractivity contribution in [2.75, 3.05) is 7.11 Å². The zero-order chi connectivity index (χ0) is 17.5. The maximum atomic E-state index is 12.0. The van der Waals surface area contributed by atoms with E-state index in [1.54, 1.807) is 18.4 Å². The van der Waals surface area contributed by atoms with Crippen LogP contribution in [0.1, 0.15) is 17.7 Å². The fraction of sp³-hybridized carbons (Fsp3) is 0.200. The maximum absolute atomic E-state index is 12.0. The number of amides is 1. The monoisotopic (exact) mass is 352 g/mol. The number of hydrogen-bond donors (Lipinski definition) is 1. The third-order valence-corrected chi connectivity index (χ3v) is 4.75. The Morgan fingerprint density at radius 2 is 1.88 bits per heavy atom. The molecule has 4 nitrogen and oxygen atoms in total. The largest absolute Gasteiger partial charge is 0.496 e. The SMILES string of the molecule is COc1ccccc1-c1nc(CCC(=O)NCc2ccccc2)cs1. The van der Waals surface area contributed by atoms with Crippen LogP contribution < -0.4 is 10.1 Å². The van der Waals surface area contributed by atoms with Gasteiger partial charge < -0.3 is 10.1 Å². The number of methoxy groups -OCH3 is 1. The van der Waals surface area contributed by atoms with E-state index in [-0.39, 0.29) is 5.91 Å². The van der Waals surface area contributed by atoms with Crippen LogP contribution in [0.2, 0.25) is 0 Å². The topological polar surface area (TPSA) is 51.2 Å². The van der Waals surface area contributed by atoms with E-state index in [1.807, 2.05) is 60.0 Å². The summed E-state index contributed by atoms with van der Waals surface area (Å²) in [5, 5.41) is 5.86. The molecule has 1 N–H and O–H groups in total. The molecule has 0 aliphatic rings. The van der Waals surface area contributed by atoms with E-state index in [0.717, 1.165) is 27.6 Å². The highest BCUT2D eigenvalue weighted by molar-refractivity contribution is 7.13. The van der Waals surface area contributed by atoms with Crippen molar-refractivity contribution >= 4 is 17.2 Å². The molecule has 3 aromatic rings. The Morgan fingerprint density at radius 3 is 2.68 bits per heavy atom. The molecule has 0 spiro atoms. The molecule has 1 aromatic heterocycles. The van der Waals surface area contributed by atoms with Crippen LogP contribution in [0.4, 0.5) is 0 Å². The van der Waals surface area contributed by atoms with Crippen molar-refractivity contribution in [2.45, 2.75) is 19.4 Å². The summed E-state index contributed by atoms with van der Waals surface area (Å²) in [5.74, 6) is 0.847. The van der Waals surface area contributed by atoms with Gasteiger partial charge in [-0.25, -0.2) is 4.98 Å². The van der Waals surface area contributed by atoms with Crippen LogP contribution in [0.15, 0.2) is 60.0 Å². The summed E-state index contributed by atoms with van der Waals surface area (Å²) in [5.41, 5.74) is 3.01. The normalized spacial score (nSPS) is 10.4. The van der Waals surface area contributed by atoms with E-state index in [2.05, 4.69) is 10.3 Å². The lowest BCUT2D eigenvalue weighted by molar-refractivity contribution is -0.121. The van der Waals surface area contributed by atoms with Crippen molar-refractivity contribution in [1.29, 1.82) is 0 Å².